The zero-order valence-corrected chi connectivity index (χ0v) is 10.2. The zero-order chi connectivity index (χ0) is 13.0. The topological polar surface area (TPSA) is 82.3 Å². The van der Waals surface area contributed by atoms with Crippen LogP contribution in [-0.4, -0.2) is 24.2 Å². The first-order valence-corrected chi connectivity index (χ1v) is 5.30. The molecule has 6 nitrogen and oxygen atoms in total. The van der Waals surface area contributed by atoms with Crippen LogP contribution in [0.3, 0.4) is 0 Å². The fraction of sp³-hybridized carbons (Fsp3) is 0.167. The summed E-state index contributed by atoms with van der Waals surface area (Å²) in [5.74, 6) is 2.17. The number of hydrogen-bond acceptors (Lipinski definition) is 6. The number of nitrogens with one attached hydrogen (secondary N) is 1. The van der Waals surface area contributed by atoms with Crippen molar-refractivity contribution in [3.8, 4) is 11.5 Å². The summed E-state index contributed by atoms with van der Waals surface area (Å²) in [7, 11) is 3.18. The number of rotatable bonds is 4. The van der Waals surface area contributed by atoms with Gasteiger partial charge in [0.15, 0.2) is 11.6 Å². The highest BCUT2D eigenvalue weighted by atomic mass is 16.5. The van der Waals surface area contributed by atoms with Crippen LogP contribution >= 0.6 is 0 Å². The molecule has 1 heterocycles. The largest absolute Gasteiger partial charge is 0.497 e. The van der Waals surface area contributed by atoms with Crippen LogP contribution in [0.1, 0.15) is 0 Å². The van der Waals surface area contributed by atoms with E-state index in [0.717, 1.165) is 5.69 Å². The molecule has 0 bridgehead atoms. The molecule has 0 fully saturated rings. The molecule has 0 radical (unpaired) electrons. The Morgan fingerprint density at radius 3 is 2.56 bits per heavy atom. The first-order chi connectivity index (χ1) is 8.74. The molecule has 0 spiro atoms. The highest BCUT2D eigenvalue weighted by Gasteiger charge is 2.08. The normalized spacial score (nSPS) is 9.89. The smallest absolute Gasteiger partial charge is 0.173 e. The van der Waals surface area contributed by atoms with Crippen LogP contribution in [0.15, 0.2) is 30.6 Å². The van der Waals surface area contributed by atoms with Crippen molar-refractivity contribution in [3.63, 3.8) is 0 Å². The Labute approximate surface area is 105 Å². The second-order valence-electron chi connectivity index (χ2n) is 3.48. The van der Waals surface area contributed by atoms with Gasteiger partial charge in [0.05, 0.1) is 19.9 Å². The summed E-state index contributed by atoms with van der Waals surface area (Å²) >= 11 is 0. The molecule has 3 N–H and O–H groups in total. The number of benzene rings is 1. The first-order valence-electron chi connectivity index (χ1n) is 5.30. The second kappa shape index (κ2) is 5.22. The van der Waals surface area contributed by atoms with Crippen LogP contribution in [0.5, 0.6) is 11.5 Å². The van der Waals surface area contributed by atoms with E-state index in [1.165, 1.54) is 6.20 Å². The molecule has 0 saturated heterocycles. The number of methoxy groups -OCH3 is 2. The van der Waals surface area contributed by atoms with Crippen LogP contribution in [0.2, 0.25) is 0 Å². The molecule has 94 valence electrons. The van der Waals surface area contributed by atoms with Gasteiger partial charge in [0.25, 0.3) is 0 Å². The molecule has 0 saturated carbocycles. The lowest BCUT2D eigenvalue weighted by Crippen LogP contribution is -2.02. The molecule has 0 atom stereocenters. The maximum Gasteiger partial charge on any atom is 0.173 e. The number of ether oxygens (including phenoxy) is 2. The van der Waals surface area contributed by atoms with Gasteiger partial charge >= 0.3 is 0 Å². The van der Waals surface area contributed by atoms with Crippen LogP contribution in [0, 0.1) is 0 Å². The Morgan fingerprint density at radius 1 is 1.11 bits per heavy atom. The van der Waals surface area contributed by atoms with Crippen molar-refractivity contribution in [2.45, 2.75) is 0 Å². The number of nitrogens with two attached hydrogens (primary N) is 1. The van der Waals surface area contributed by atoms with Gasteiger partial charge in [-0.25, -0.2) is 9.97 Å². The van der Waals surface area contributed by atoms with E-state index in [0.29, 0.717) is 23.1 Å². The predicted octanol–water partition coefficient (Wildman–Crippen LogP) is 1.82. The zero-order valence-electron chi connectivity index (χ0n) is 10.2. The summed E-state index contributed by atoms with van der Waals surface area (Å²) in [6.07, 6.45) is 3.10. The number of hydrogen-bond donors (Lipinski definition) is 2. The SMILES string of the molecule is COc1ccc(Nc2nccnc2N)c(OC)c1. The predicted molar refractivity (Wildman–Crippen MR) is 69.3 cm³/mol. The van der Waals surface area contributed by atoms with Gasteiger partial charge in [-0.05, 0) is 12.1 Å². The monoisotopic (exact) mass is 246 g/mol. The van der Waals surface area contributed by atoms with Gasteiger partial charge in [-0.15, -0.1) is 0 Å². The minimum atomic E-state index is 0.329. The van der Waals surface area contributed by atoms with Crippen molar-refractivity contribution in [1.82, 2.24) is 9.97 Å². The van der Waals surface area contributed by atoms with Gasteiger partial charge < -0.3 is 20.5 Å². The van der Waals surface area contributed by atoms with Crippen LogP contribution in [-0.2, 0) is 0 Å². The Morgan fingerprint density at radius 2 is 1.89 bits per heavy atom. The van der Waals surface area contributed by atoms with Crippen molar-refractivity contribution < 1.29 is 9.47 Å². The molecule has 18 heavy (non-hydrogen) atoms. The quantitative estimate of drug-likeness (QED) is 0.856. The first kappa shape index (κ1) is 12.0. The highest BCUT2D eigenvalue weighted by Crippen LogP contribution is 2.31. The minimum Gasteiger partial charge on any atom is -0.497 e. The molecule has 2 aromatic rings. The minimum absolute atomic E-state index is 0.329. The number of nitrogens with zero attached hydrogens (tertiary/aromatic N) is 2. The third kappa shape index (κ3) is 2.42. The van der Waals surface area contributed by atoms with E-state index in [9.17, 15) is 0 Å². The lowest BCUT2D eigenvalue weighted by molar-refractivity contribution is 0.395. The van der Waals surface area contributed by atoms with Gasteiger partial charge in [-0.1, -0.05) is 0 Å². The van der Waals surface area contributed by atoms with Gasteiger partial charge in [-0.3, -0.25) is 0 Å². The second-order valence-corrected chi connectivity index (χ2v) is 3.48. The molecule has 0 aliphatic carbocycles. The van der Waals surface area contributed by atoms with Crippen LogP contribution in [0.4, 0.5) is 17.3 Å². The van der Waals surface area contributed by atoms with Crippen molar-refractivity contribution in [1.29, 1.82) is 0 Å². The van der Waals surface area contributed by atoms with Crippen molar-refractivity contribution in [2.75, 3.05) is 25.3 Å². The summed E-state index contributed by atoms with van der Waals surface area (Å²) in [5.41, 5.74) is 6.46. The van der Waals surface area contributed by atoms with E-state index in [1.807, 2.05) is 12.1 Å². The lowest BCUT2D eigenvalue weighted by atomic mass is 10.2. The maximum atomic E-state index is 5.71. The Hall–Kier alpha value is -2.50. The van der Waals surface area contributed by atoms with Gasteiger partial charge in [-0.2, -0.15) is 0 Å². The molecular formula is C12H14N4O2. The van der Waals surface area contributed by atoms with E-state index in [-0.39, 0.29) is 0 Å². The molecular weight excluding hydrogens is 232 g/mol. The third-order valence-electron chi connectivity index (χ3n) is 2.39. The molecule has 2 rings (SSSR count). The molecule has 0 amide bonds. The molecule has 0 aliphatic rings. The van der Waals surface area contributed by atoms with Crippen LogP contribution in [0.25, 0.3) is 0 Å². The molecule has 0 aliphatic heterocycles. The molecule has 1 aromatic heterocycles. The van der Waals surface area contributed by atoms with Crippen molar-refractivity contribution in [3.05, 3.63) is 30.6 Å². The van der Waals surface area contributed by atoms with Gasteiger partial charge in [0.1, 0.15) is 11.5 Å². The average Bonchev–Trinajstić information content (AvgIpc) is 2.41. The Kier molecular flexibility index (Phi) is 3.47. The van der Waals surface area contributed by atoms with E-state index >= 15 is 0 Å². The fourth-order valence-electron chi connectivity index (χ4n) is 1.47. The Balaban J connectivity index is 2.32. The van der Waals surface area contributed by atoms with E-state index in [2.05, 4.69) is 15.3 Å². The summed E-state index contributed by atoms with van der Waals surface area (Å²) in [6.45, 7) is 0. The third-order valence-corrected chi connectivity index (χ3v) is 2.39. The van der Waals surface area contributed by atoms with Crippen molar-refractivity contribution >= 4 is 17.3 Å². The fourth-order valence-corrected chi connectivity index (χ4v) is 1.47. The number of nitrogen functional groups attached to an aromatic ring is 1. The number of anilines is 3. The van der Waals surface area contributed by atoms with E-state index in [1.54, 1.807) is 26.5 Å². The van der Waals surface area contributed by atoms with Gasteiger partial charge in [0, 0.05) is 18.5 Å². The molecule has 0 unspecified atom stereocenters. The Bertz CT molecular complexity index is 545. The molecule has 1 aromatic carbocycles. The maximum absolute atomic E-state index is 5.71. The summed E-state index contributed by atoms with van der Waals surface area (Å²) < 4.78 is 10.4. The van der Waals surface area contributed by atoms with E-state index < -0.39 is 0 Å². The van der Waals surface area contributed by atoms with Gasteiger partial charge in [0.2, 0.25) is 0 Å². The van der Waals surface area contributed by atoms with E-state index in [4.69, 9.17) is 15.2 Å². The molecule has 6 heteroatoms. The number of aromatic nitrogens is 2. The standard InChI is InChI=1S/C12H14N4O2/c1-17-8-3-4-9(10(7-8)18-2)16-12-11(13)14-5-6-15-12/h3-7H,1-2H3,(H2,13,14)(H,15,16). The lowest BCUT2D eigenvalue weighted by Gasteiger charge is -2.12. The summed E-state index contributed by atoms with van der Waals surface area (Å²) in [4.78, 5) is 8.06. The van der Waals surface area contributed by atoms with Crippen LogP contribution < -0.4 is 20.5 Å². The summed E-state index contributed by atoms with van der Waals surface area (Å²) in [6, 6.07) is 5.41. The highest BCUT2D eigenvalue weighted by molar-refractivity contribution is 5.70. The van der Waals surface area contributed by atoms with Crippen molar-refractivity contribution in [2.24, 2.45) is 0 Å². The average molecular weight is 246 g/mol. The summed E-state index contributed by atoms with van der Waals surface area (Å²) in [5, 5.41) is 3.06.